The number of aromatic hydroxyl groups is 1. The van der Waals surface area contributed by atoms with Crippen molar-refractivity contribution in [3.63, 3.8) is 0 Å². The van der Waals surface area contributed by atoms with E-state index in [1.165, 1.54) is 25.1 Å². The van der Waals surface area contributed by atoms with Crippen LogP contribution in [0.25, 0.3) is 21.9 Å². The smallest absolute Gasteiger partial charge is 0.408 e. The molecular formula is C21H20ClNO7. The Labute approximate surface area is 176 Å². The molecule has 30 heavy (non-hydrogen) atoms. The Kier molecular flexibility index (Phi) is 5.63. The lowest BCUT2D eigenvalue weighted by molar-refractivity contribution is -0.136. The average molecular weight is 434 g/mol. The standard InChI is InChI=1S/C21H20ClNO7/c1-10(23-20(27)30-21(2,3)4)19(26)28-12-8-14(24)17-16(9-12)29-15-7-11(22)5-6-13(15)18(17)25/h5-10,24H,1-4H3,(H,23,27)/t10-/m1/s1. The van der Waals surface area contributed by atoms with Crippen LogP contribution >= 0.6 is 11.6 Å². The number of rotatable bonds is 3. The quantitative estimate of drug-likeness (QED) is 0.362. The van der Waals surface area contributed by atoms with Gasteiger partial charge in [-0.05, 0) is 39.8 Å². The topological polar surface area (TPSA) is 115 Å². The van der Waals surface area contributed by atoms with E-state index < -0.39 is 34.9 Å². The maximum absolute atomic E-state index is 12.7. The van der Waals surface area contributed by atoms with Crippen LogP contribution in [0.5, 0.6) is 11.5 Å². The Morgan fingerprint density at radius 2 is 1.87 bits per heavy atom. The Balaban J connectivity index is 1.88. The number of esters is 1. The number of alkyl carbamates (subject to hydrolysis) is 1. The average Bonchev–Trinajstić information content (AvgIpc) is 2.59. The molecule has 0 bridgehead atoms. The monoisotopic (exact) mass is 433 g/mol. The molecule has 1 aromatic heterocycles. The summed E-state index contributed by atoms with van der Waals surface area (Å²) in [5, 5.41) is 13.2. The Hall–Kier alpha value is -3.26. The number of halogens is 1. The zero-order valence-electron chi connectivity index (χ0n) is 16.7. The maximum atomic E-state index is 12.7. The Bertz CT molecular complexity index is 1210. The summed E-state index contributed by atoms with van der Waals surface area (Å²) in [6, 6.07) is 5.91. The lowest BCUT2D eigenvalue weighted by Gasteiger charge is -2.21. The van der Waals surface area contributed by atoms with Crippen LogP contribution in [-0.4, -0.2) is 28.8 Å². The predicted octanol–water partition coefficient (Wildman–Crippen LogP) is 4.12. The van der Waals surface area contributed by atoms with Gasteiger partial charge in [0.2, 0.25) is 5.43 Å². The molecule has 158 valence electrons. The van der Waals surface area contributed by atoms with Crippen molar-refractivity contribution in [2.45, 2.75) is 39.3 Å². The zero-order chi connectivity index (χ0) is 22.2. The van der Waals surface area contributed by atoms with Gasteiger partial charge < -0.3 is 24.3 Å². The van der Waals surface area contributed by atoms with Crippen molar-refractivity contribution in [2.24, 2.45) is 0 Å². The fourth-order valence-electron chi connectivity index (χ4n) is 2.71. The first-order valence-corrected chi connectivity index (χ1v) is 9.43. The number of fused-ring (bicyclic) bond motifs is 2. The largest absolute Gasteiger partial charge is 0.507 e. The molecule has 0 radical (unpaired) electrons. The molecule has 0 spiro atoms. The first kappa shape index (κ1) is 21.4. The van der Waals surface area contributed by atoms with E-state index in [0.717, 1.165) is 6.07 Å². The summed E-state index contributed by atoms with van der Waals surface area (Å²) < 4.78 is 16.0. The lowest BCUT2D eigenvalue weighted by Crippen LogP contribution is -2.43. The van der Waals surface area contributed by atoms with Gasteiger partial charge in [-0.3, -0.25) is 4.79 Å². The highest BCUT2D eigenvalue weighted by atomic mass is 35.5. The molecular weight excluding hydrogens is 414 g/mol. The Morgan fingerprint density at radius 1 is 1.17 bits per heavy atom. The van der Waals surface area contributed by atoms with E-state index in [9.17, 15) is 19.5 Å². The van der Waals surface area contributed by atoms with Crippen molar-refractivity contribution in [3.05, 3.63) is 45.6 Å². The molecule has 0 aliphatic carbocycles. The minimum atomic E-state index is -1.03. The highest BCUT2D eigenvalue weighted by molar-refractivity contribution is 6.31. The molecule has 3 aromatic rings. The number of benzene rings is 2. The number of nitrogens with one attached hydrogen (secondary N) is 1. The van der Waals surface area contributed by atoms with Gasteiger partial charge in [0.15, 0.2) is 0 Å². The van der Waals surface area contributed by atoms with Crippen LogP contribution in [0.3, 0.4) is 0 Å². The van der Waals surface area contributed by atoms with Crippen LogP contribution < -0.4 is 15.5 Å². The van der Waals surface area contributed by atoms with Gasteiger partial charge in [0, 0.05) is 23.2 Å². The second kappa shape index (κ2) is 7.87. The van der Waals surface area contributed by atoms with Crippen molar-refractivity contribution >= 4 is 45.6 Å². The molecule has 1 amide bonds. The van der Waals surface area contributed by atoms with Gasteiger partial charge >= 0.3 is 12.1 Å². The summed E-state index contributed by atoms with van der Waals surface area (Å²) in [5.74, 6) is -1.27. The second-order valence-electron chi connectivity index (χ2n) is 7.68. The molecule has 0 aliphatic rings. The van der Waals surface area contributed by atoms with E-state index in [1.54, 1.807) is 26.8 Å². The molecule has 0 aliphatic heterocycles. The van der Waals surface area contributed by atoms with E-state index in [1.807, 2.05) is 0 Å². The van der Waals surface area contributed by atoms with E-state index in [4.69, 9.17) is 25.5 Å². The summed E-state index contributed by atoms with van der Waals surface area (Å²) in [4.78, 5) is 36.8. The van der Waals surface area contributed by atoms with Crippen molar-refractivity contribution in [2.75, 3.05) is 0 Å². The minimum Gasteiger partial charge on any atom is -0.507 e. The number of hydrogen-bond donors (Lipinski definition) is 2. The van der Waals surface area contributed by atoms with E-state index in [0.29, 0.717) is 5.02 Å². The van der Waals surface area contributed by atoms with Gasteiger partial charge in [-0.25, -0.2) is 9.59 Å². The van der Waals surface area contributed by atoms with Gasteiger partial charge in [0.05, 0.1) is 5.39 Å². The summed E-state index contributed by atoms with van der Waals surface area (Å²) in [6.45, 7) is 6.50. The third kappa shape index (κ3) is 4.65. The van der Waals surface area contributed by atoms with Crippen LogP contribution in [0.4, 0.5) is 4.79 Å². The SMILES string of the molecule is C[C@@H](NC(=O)OC(C)(C)C)C(=O)Oc1cc(O)c2c(=O)c3ccc(Cl)cc3oc2c1. The second-order valence-corrected chi connectivity index (χ2v) is 8.11. The third-order valence-electron chi connectivity index (χ3n) is 4.00. The number of amides is 1. The summed E-state index contributed by atoms with van der Waals surface area (Å²) >= 11 is 5.94. The molecule has 9 heteroatoms. The molecule has 3 rings (SSSR count). The van der Waals surface area contributed by atoms with Gasteiger partial charge in [0.25, 0.3) is 0 Å². The highest BCUT2D eigenvalue weighted by Gasteiger charge is 2.23. The van der Waals surface area contributed by atoms with Crippen LogP contribution in [0.1, 0.15) is 27.7 Å². The summed E-state index contributed by atoms with van der Waals surface area (Å²) in [7, 11) is 0. The van der Waals surface area contributed by atoms with Crippen molar-refractivity contribution in [3.8, 4) is 11.5 Å². The van der Waals surface area contributed by atoms with Crippen LogP contribution in [0, 0.1) is 0 Å². The van der Waals surface area contributed by atoms with Gasteiger partial charge in [-0.15, -0.1) is 0 Å². The van der Waals surface area contributed by atoms with Crippen LogP contribution in [-0.2, 0) is 9.53 Å². The predicted molar refractivity (Wildman–Crippen MR) is 111 cm³/mol. The molecule has 0 saturated heterocycles. The normalized spacial score (nSPS) is 12.6. The first-order chi connectivity index (χ1) is 13.9. The van der Waals surface area contributed by atoms with E-state index >= 15 is 0 Å². The van der Waals surface area contributed by atoms with Crippen molar-refractivity contribution in [1.82, 2.24) is 5.32 Å². The molecule has 0 saturated carbocycles. The molecule has 0 unspecified atom stereocenters. The highest BCUT2D eigenvalue weighted by Crippen LogP contribution is 2.31. The van der Waals surface area contributed by atoms with Gasteiger partial charge in [-0.2, -0.15) is 0 Å². The molecule has 1 atom stereocenters. The fraction of sp³-hybridized carbons (Fsp3) is 0.286. The maximum Gasteiger partial charge on any atom is 0.408 e. The van der Waals surface area contributed by atoms with Gasteiger partial charge in [0.1, 0.15) is 39.7 Å². The van der Waals surface area contributed by atoms with Crippen molar-refractivity contribution < 1.29 is 28.6 Å². The lowest BCUT2D eigenvalue weighted by atomic mass is 10.1. The summed E-state index contributed by atoms with van der Waals surface area (Å²) in [5.41, 5.74) is -0.924. The molecule has 2 aromatic carbocycles. The molecule has 8 nitrogen and oxygen atoms in total. The number of ether oxygens (including phenoxy) is 2. The number of phenols is 1. The number of hydrogen-bond acceptors (Lipinski definition) is 7. The molecule has 0 fully saturated rings. The van der Waals surface area contributed by atoms with Crippen LogP contribution in [0.15, 0.2) is 39.5 Å². The molecule has 1 heterocycles. The number of phenolic OH excluding ortho intramolecular Hbond substituents is 1. The number of carbonyl (C=O) groups excluding carboxylic acids is 2. The van der Waals surface area contributed by atoms with Gasteiger partial charge in [-0.1, -0.05) is 11.6 Å². The number of carbonyl (C=O) groups is 2. The van der Waals surface area contributed by atoms with Crippen LogP contribution in [0.2, 0.25) is 5.02 Å². The third-order valence-corrected chi connectivity index (χ3v) is 4.23. The van der Waals surface area contributed by atoms with E-state index in [2.05, 4.69) is 5.32 Å². The fourth-order valence-corrected chi connectivity index (χ4v) is 2.88. The molecule has 2 N–H and O–H groups in total. The first-order valence-electron chi connectivity index (χ1n) is 9.05. The zero-order valence-corrected chi connectivity index (χ0v) is 17.5. The summed E-state index contributed by atoms with van der Waals surface area (Å²) in [6.07, 6.45) is -0.775. The minimum absolute atomic E-state index is 0.0188. The Morgan fingerprint density at radius 3 is 2.53 bits per heavy atom. The van der Waals surface area contributed by atoms with E-state index in [-0.39, 0.29) is 27.7 Å². The van der Waals surface area contributed by atoms with Crippen molar-refractivity contribution in [1.29, 1.82) is 0 Å².